The average Bonchev–Trinajstić information content (AvgIpc) is 3.19. The highest BCUT2D eigenvalue weighted by Crippen LogP contribution is 2.31. The van der Waals surface area contributed by atoms with Crippen LogP contribution in [0.15, 0.2) is 23.1 Å². The van der Waals surface area contributed by atoms with E-state index in [0.717, 1.165) is 12.8 Å². The van der Waals surface area contributed by atoms with Gasteiger partial charge in [0, 0.05) is 13.1 Å². The molecule has 5 nitrogen and oxygen atoms in total. The third kappa shape index (κ3) is 3.02. The summed E-state index contributed by atoms with van der Waals surface area (Å²) in [6.45, 7) is 4.37. The van der Waals surface area contributed by atoms with E-state index >= 15 is 0 Å². The third-order valence-electron chi connectivity index (χ3n) is 3.59. The fourth-order valence-corrected chi connectivity index (χ4v) is 3.68. The molecular formula is C14H19NO4S. The zero-order valence-electron chi connectivity index (χ0n) is 11.7. The fourth-order valence-electron chi connectivity index (χ4n) is 2.13. The van der Waals surface area contributed by atoms with Crippen molar-refractivity contribution in [2.75, 3.05) is 13.1 Å². The van der Waals surface area contributed by atoms with E-state index in [1.165, 1.54) is 16.4 Å². The van der Waals surface area contributed by atoms with E-state index in [9.17, 15) is 13.2 Å². The maximum absolute atomic E-state index is 12.5. The van der Waals surface area contributed by atoms with Crippen LogP contribution in [0.1, 0.15) is 35.7 Å². The zero-order valence-corrected chi connectivity index (χ0v) is 12.5. The molecule has 1 aliphatic carbocycles. The molecule has 20 heavy (non-hydrogen) atoms. The lowest BCUT2D eigenvalue weighted by atomic mass is 10.1. The van der Waals surface area contributed by atoms with Crippen LogP contribution < -0.4 is 0 Å². The summed E-state index contributed by atoms with van der Waals surface area (Å²) in [4.78, 5) is 11.2. The molecule has 1 aromatic carbocycles. The van der Waals surface area contributed by atoms with Crippen LogP contribution in [0.5, 0.6) is 0 Å². The van der Waals surface area contributed by atoms with Crippen LogP contribution >= 0.6 is 0 Å². The molecule has 110 valence electrons. The second kappa shape index (κ2) is 5.54. The molecule has 0 bridgehead atoms. The van der Waals surface area contributed by atoms with Gasteiger partial charge in [0.05, 0.1) is 10.5 Å². The van der Waals surface area contributed by atoms with Gasteiger partial charge >= 0.3 is 5.97 Å². The summed E-state index contributed by atoms with van der Waals surface area (Å²) in [7, 11) is -3.61. The molecule has 1 saturated carbocycles. The van der Waals surface area contributed by atoms with Crippen LogP contribution in [0, 0.1) is 12.8 Å². The van der Waals surface area contributed by atoms with Crippen LogP contribution in [0.3, 0.4) is 0 Å². The predicted molar refractivity (Wildman–Crippen MR) is 75.3 cm³/mol. The SMILES string of the molecule is CCN(CC1CC1)S(=O)(=O)c1ccc(C)c(C(=O)O)c1. The Labute approximate surface area is 119 Å². The van der Waals surface area contributed by atoms with Gasteiger partial charge in [0.1, 0.15) is 0 Å². The summed E-state index contributed by atoms with van der Waals surface area (Å²) in [5.41, 5.74) is 0.593. The molecule has 1 aromatic rings. The molecule has 1 fully saturated rings. The van der Waals surface area contributed by atoms with E-state index in [4.69, 9.17) is 5.11 Å². The second-order valence-electron chi connectivity index (χ2n) is 5.18. The average molecular weight is 297 g/mol. The normalized spacial score (nSPS) is 15.6. The zero-order chi connectivity index (χ0) is 14.9. The summed E-state index contributed by atoms with van der Waals surface area (Å²) >= 11 is 0. The molecule has 0 aliphatic heterocycles. The molecule has 0 radical (unpaired) electrons. The first kappa shape index (κ1) is 15.0. The Hall–Kier alpha value is -1.40. The molecule has 0 amide bonds. The summed E-state index contributed by atoms with van der Waals surface area (Å²) in [6.07, 6.45) is 2.14. The Kier molecular flexibility index (Phi) is 4.15. The molecule has 0 heterocycles. The standard InChI is InChI=1S/C14H19NO4S/c1-3-15(9-11-5-6-11)20(18,19)12-7-4-10(2)13(8-12)14(16)17/h4,7-8,11H,3,5-6,9H2,1-2H3,(H,16,17). The number of rotatable bonds is 6. The lowest BCUT2D eigenvalue weighted by molar-refractivity contribution is 0.0696. The first-order chi connectivity index (χ1) is 9.36. The lowest BCUT2D eigenvalue weighted by Crippen LogP contribution is -2.32. The molecule has 2 rings (SSSR count). The summed E-state index contributed by atoms with van der Waals surface area (Å²) in [5, 5.41) is 9.10. The molecular weight excluding hydrogens is 278 g/mol. The van der Waals surface area contributed by atoms with Gasteiger partial charge in [0.25, 0.3) is 0 Å². The fraction of sp³-hybridized carbons (Fsp3) is 0.500. The topological polar surface area (TPSA) is 74.7 Å². The molecule has 0 atom stereocenters. The predicted octanol–water partition coefficient (Wildman–Crippen LogP) is 2.11. The number of aryl methyl sites for hydroxylation is 1. The van der Waals surface area contributed by atoms with Crippen molar-refractivity contribution in [1.29, 1.82) is 0 Å². The number of aromatic carboxylic acids is 1. The maximum atomic E-state index is 12.5. The van der Waals surface area contributed by atoms with E-state index in [1.807, 2.05) is 0 Å². The maximum Gasteiger partial charge on any atom is 0.335 e. The van der Waals surface area contributed by atoms with Gasteiger partial charge in [0.2, 0.25) is 10.0 Å². The molecule has 1 N–H and O–H groups in total. The van der Waals surface area contributed by atoms with Crippen LogP contribution in [0.25, 0.3) is 0 Å². The van der Waals surface area contributed by atoms with Crippen LogP contribution in [0.2, 0.25) is 0 Å². The van der Waals surface area contributed by atoms with Gasteiger partial charge in [0.15, 0.2) is 0 Å². The van der Waals surface area contributed by atoms with Crippen molar-refractivity contribution in [2.24, 2.45) is 5.92 Å². The number of benzene rings is 1. The highest BCUT2D eigenvalue weighted by atomic mass is 32.2. The van der Waals surface area contributed by atoms with Crippen LogP contribution in [-0.2, 0) is 10.0 Å². The van der Waals surface area contributed by atoms with Crippen molar-refractivity contribution in [3.05, 3.63) is 29.3 Å². The van der Waals surface area contributed by atoms with Crippen LogP contribution in [0.4, 0.5) is 0 Å². The van der Waals surface area contributed by atoms with Gasteiger partial charge in [-0.05, 0) is 43.4 Å². The molecule has 0 spiro atoms. The Morgan fingerprint density at radius 3 is 2.55 bits per heavy atom. The Balaban J connectivity index is 2.37. The number of sulfonamides is 1. The molecule has 1 aliphatic rings. The van der Waals surface area contributed by atoms with Crippen molar-refractivity contribution < 1.29 is 18.3 Å². The van der Waals surface area contributed by atoms with Gasteiger partial charge in [-0.15, -0.1) is 0 Å². The third-order valence-corrected chi connectivity index (χ3v) is 5.53. The second-order valence-corrected chi connectivity index (χ2v) is 7.12. The van der Waals surface area contributed by atoms with Gasteiger partial charge in [-0.25, -0.2) is 13.2 Å². The molecule has 0 unspecified atom stereocenters. The van der Waals surface area contributed by atoms with E-state index in [1.54, 1.807) is 19.9 Å². The number of hydrogen-bond acceptors (Lipinski definition) is 3. The number of carbonyl (C=O) groups is 1. The highest BCUT2D eigenvalue weighted by molar-refractivity contribution is 7.89. The van der Waals surface area contributed by atoms with E-state index in [2.05, 4.69) is 0 Å². The highest BCUT2D eigenvalue weighted by Gasteiger charge is 2.31. The van der Waals surface area contributed by atoms with Crippen molar-refractivity contribution in [1.82, 2.24) is 4.31 Å². The lowest BCUT2D eigenvalue weighted by Gasteiger charge is -2.20. The largest absolute Gasteiger partial charge is 0.478 e. The quantitative estimate of drug-likeness (QED) is 0.872. The van der Waals surface area contributed by atoms with Crippen LogP contribution in [-0.4, -0.2) is 36.9 Å². The van der Waals surface area contributed by atoms with Gasteiger partial charge in [-0.1, -0.05) is 13.0 Å². The summed E-state index contributed by atoms with van der Waals surface area (Å²) in [5.74, 6) is -0.654. The Bertz CT molecular complexity index is 620. The monoisotopic (exact) mass is 297 g/mol. The number of carboxylic acid groups (broad SMARTS) is 1. The van der Waals surface area contributed by atoms with E-state index < -0.39 is 16.0 Å². The van der Waals surface area contributed by atoms with E-state index in [-0.39, 0.29) is 10.5 Å². The molecule has 0 aromatic heterocycles. The first-order valence-corrected chi connectivity index (χ1v) is 8.14. The first-order valence-electron chi connectivity index (χ1n) is 6.70. The summed E-state index contributed by atoms with van der Waals surface area (Å²) in [6, 6.07) is 4.27. The molecule has 6 heteroatoms. The van der Waals surface area contributed by atoms with E-state index in [0.29, 0.717) is 24.6 Å². The minimum atomic E-state index is -3.61. The van der Waals surface area contributed by atoms with Gasteiger partial charge < -0.3 is 5.11 Å². The van der Waals surface area contributed by atoms with Crippen molar-refractivity contribution >= 4 is 16.0 Å². The summed E-state index contributed by atoms with van der Waals surface area (Å²) < 4.78 is 26.5. The molecule has 0 saturated heterocycles. The van der Waals surface area contributed by atoms with Gasteiger partial charge in [-0.2, -0.15) is 4.31 Å². The smallest absolute Gasteiger partial charge is 0.335 e. The number of carboxylic acids is 1. The van der Waals surface area contributed by atoms with Gasteiger partial charge in [-0.3, -0.25) is 0 Å². The number of hydrogen-bond donors (Lipinski definition) is 1. The van der Waals surface area contributed by atoms with Crippen molar-refractivity contribution in [2.45, 2.75) is 31.6 Å². The van der Waals surface area contributed by atoms with Crippen molar-refractivity contribution in [3.8, 4) is 0 Å². The minimum absolute atomic E-state index is 0.0357. The minimum Gasteiger partial charge on any atom is -0.478 e. The Morgan fingerprint density at radius 1 is 1.40 bits per heavy atom. The number of nitrogens with zero attached hydrogens (tertiary/aromatic N) is 1. The van der Waals surface area contributed by atoms with Crippen molar-refractivity contribution in [3.63, 3.8) is 0 Å². The Morgan fingerprint density at radius 2 is 2.05 bits per heavy atom.